The van der Waals surface area contributed by atoms with Crippen molar-refractivity contribution in [3.63, 3.8) is 0 Å². The van der Waals surface area contributed by atoms with Gasteiger partial charge in [-0.1, -0.05) is 11.8 Å². The first-order valence-corrected chi connectivity index (χ1v) is 8.54. The molecule has 0 fully saturated rings. The van der Waals surface area contributed by atoms with Gasteiger partial charge in [-0.25, -0.2) is 23.1 Å². The molecule has 11 heteroatoms. The minimum Gasteiger partial charge on any atom is -0.384 e. The smallest absolute Gasteiger partial charge is 0.243 e. The summed E-state index contributed by atoms with van der Waals surface area (Å²) < 4.78 is 39.5. The number of hydrogen-bond acceptors (Lipinski definition) is 6. The van der Waals surface area contributed by atoms with Crippen LogP contribution in [0.5, 0.6) is 0 Å². The number of thioether (sulfide) groups is 1. The average Bonchev–Trinajstić information content (AvgIpc) is 2.59. The third kappa shape index (κ3) is 5.58. The van der Waals surface area contributed by atoms with Crippen LogP contribution in [0, 0.1) is 24.4 Å². The van der Waals surface area contributed by atoms with E-state index in [0.29, 0.717) is 16.9 Å². The number of nitrogens with zero attached hydrogens (tertiary/aromatic N) is 2. The Morgan fingerprint density at radius 3 is 2.59 bits per heavy atom. The number of aryl methyl sites for hydroxylation is 1. The second kappa shape index (κ2) is 8.71. The molecule has 0 saturated heterocycles. The van der Waals surface area contributed by atoms with E-state index >= 15 is 0 Å². The minimum atomic E-state index is -1.70. The van der Waals surface area contributed by atoms with E-state index in [2.05, 4.69) is 20.6 Å². The minimum absolute atomic E-state index is 0.269. The van der Waals surface area contributed by atoms with Crippen LogP contribution in [-0.2, 0) is 9.59 Å². The van der Waals surface area contributed by atoms with Gasteiger partial charge >= 0.3 is 0 Å². The summed E-state index contributed by atoms with van der Waals surface area (Å²) >= 11 is 1.04. The summed E-state index contributed by atoms with van der Waals surface area (Å²) in [4.78, 5) is 32.0. The molecular weight excluding hydrogens is 383 g/mol. The average molecular weight is 399 g/mol. The van der Waals surface area contributed by atoms with Crippen molar-refractivity contribution in [1.29, 1.82) is 0 Å². The number of anilines is 2. The lowest BCUT2D eigenvalue weighted by atomic mass is 10.2. The van der Waals surface area contributed by atoms with Gasteiger partial charge in [-0.05, 0) is 26.0 Å². The van der Waals surface area contributed by atoms with Gasteiger partial charge in [0.15, 0.2) is 22.6 Å². The molecule has 0 bridgehead atoms. The van der Waals surface area contributed by atoms with Gasteiger partial charge in [-0.3, -0.25) is 9.59 Å². The Kier molecular flexibility index (Phi) is 6.61. The normalized spacial score (nSPS) is 11.7. The third-order valence-electron chi connectivity index (χ3n) is 3.24. The summed E-state index contributed by atoms with van der Waals surface area (Å²) in [6.45, 7) is 2.82. The van der Waals surface area contributed by atoms with Gasteiger partial charge < -0.3 is 16.4 Å². The molecule has 1 aromatic carbocycles. The fourth-order valence-corrected chi connectivity index (χ4v) is 2.82. The molecule has 0 radical (unpaired) electrons. The molecule has 1 atom stereocenters. The molecule has 0 spiro atoms. The van der Waals surface area contributed by atoms with E-state index in [0.717, 1.165) is 17.8 Å². The fraction of sp³-hybridized carbons (Fsp3) is 0.250. The van der Waals surface area contributed by atoms with E-state index in [4.69, 9.17) is 5.73 Å². The molecule has 27 heavy (non-hydrogen) atoms. The summed E-state index contributed by atoms with van der Waals surface area (Å²) in [6.07, 6.45) is 0. The van der Waals surface area contributed by atoms with Crippen molar-refractivity contribution in [2.24, 2.45) is 0 Å². The molecule has 144 valence electrons. The van der Waals surface area contributed by atoms with Crippen LogP contribution >= 0.6 is 11.8 Å². The lowest BCUT2D eigenvalue weighted by molar-refractivity contribution is -0.123. The van der Waals surface area contributed by atoms with Gasteiger partial charge in [0.05, 0.1) is 17.5 Å². The first-order chi connectivity index (χ1) is 12.7. The van der Waals surface area contributed by atoms with Gasteiger partial charge in [0, 0.05) is 11.8 Å². The van der Waals surface area contributed by atoms with Crippen LogP contribution in [-0.4, -0.2) is 33.6 Å². The predicted octanol–water partition coefficient (Wildman–Crippen LogP) is 2.02. The number of rotatable bonds is 6. The van der Waals surface area contributed by atoms with Crippen molar-refractivity contribution in [3.8, 4) is 0 Å². The molecule has 2 amide bonds. The van der Waals surface area contributed by atoms with Gasteiger partial charge in [0.1, 0.15) is 5.82 Å². The van der Waals surface area contributed by atoms with Crippen LogP contribution in [0.3, 0.4) is 0 Å². The van der Waals surface area contributed by atoms with E-state index in [1.807, 2.05) is 0 Å². The summed E-state index contributed by atoms with van der Waals surface area (Å²) in [6, 6.07) is 3.14. The van der Waals surface area contributed by atoms with Crippen LogP contribution in [0.2, 0.25) is 0 Å². The number of nitrogens with one attached hydrogen (secondary N) is 2. The second-order valence-electron chi connectivity index (χ2n) is 5.47. The molecule has 1 aromatic heterocycles. The topological polar surface area (TPSA) is 110 Å². The number of carbonyl (C=O) groups excluding carboxylic acids is 2. The summed E-state index contributed by atoms with van der Waals surface area (Å²) in [5.74, 6) is -5.62. The van der Waals surface area contributed by atoms with E-state index < -0.39 is 46.7 Å². The Morgan fingerprint density at radius 1 is 1.22 bits per heavy atom. The molecule has 2 aromatic rings. The van der Waals surface area contributed by atoms with Gasteiger partial charge in [0.25, 0.3) is 0 Å². The quantitative estimate of drug-likeness (QED) is 0.389. The zero-order chi connectivity index (χ0) is 20.1. The number of nitrogen functional groups attached to an aromatic ring is 1. The van der Waals surface area contributed by atoms with E-state index in [-0.39, 0.29) is 5.82 Å². The highest BCUT2D eigenvalue weighted by molar-refractivity contribution is 8.00. The monoisotopic (exact) mass is 399 g/mol. The number of benzene rings is 1. The van der Waals surface area contributed by atoms with Crippen LogP contribution in [0.25, 0.3) is 0 Å². The van der Waals surface area contributed by atoms with Crippen molar-refractivity contribution in [2.75, 3.05) is 17.6 Å². The predicted molar refractivity (Wildman–Crippen MR) is 94.5 cm³/mol. The van der Waals surface area contributed by atoms with Gasteiger partial charge in [-0.2, -0.15) is 0 Å². The highest BCUT2D eigenvalue weighted by Crippen LogP contribution is 2.21. The van der Waals surface area contributed by atoms with Crippen LogP contribution < -0.4 is 16.4 Å². The first kappa shape index (κ1) is 20.5. The molecule has 0 aliphatic heterocycles. The zero-order valence-electron chi connectivity index (χ0n) is 14.3. The molecule has 1 unspecified atom stereocenters. The number of aromatic nitrogens is 2. The summed E-state index contributed by atoms with van der Waals surface area (Å²) in [5, 5.41) is 4.07. The molecule has 7 nitrogen and oxygen atoms in total. The lowest BCUT2D eigenvalue weighted by Crippen LogP contribution is -2.37. The highest BCUT2D eigenvalue weighted by Gasteiger charge is 2.19. The molecule has 0 aliphatic carbocycles. The number of nitrogens with two attached hydrogens (primary N) is 1. The number of hydrogen-bond donors (Lipinski definition) is 3. The van der Waals surface area contributed by atoms with Crippen molar-refractivity contribution in [1.82, 2.24) is 15.3 Å². The first-order valence-electron chi connectivity index (χ1n) is 7.66. The van der Waals surface area contributed by atoms with E-state index in [1.54, 1.807) is 19.9 Å². The third-order valence-corrected chi connectivity index (χ3v) is 4.20. The Hall–Kier alpha value is -2.82. The maximum atomic E-state index is 13.5. The van der Waals surface area contributed by atoms with Crippen LogP contribution in [0.15, 0.2) is 23.4 Å². The maximum absolute atomic E-state index is 13.5. The Balaban J connectivity index is 1.89. The molecule has 0 saturated carbocycles. The van der Waals surface area contributed by atoms with Crippen LogP contribution in [0.1, 0.15) is 12.6 Å². The number of amides is 2. The molecular formula is C16H16F3N5O2S. The Morgan fingerprint density at radius 2 is 1.93 bits per heavy atom. The van der Waals surface area contributed by atoms with Crippen molar-refractivity contribution >= 4 is 35.1 Å². The van der Waals surface area contributed by atoms with Crippen LogP contribution in [0.4, 0.5) is 24.7 Å². The number of carbonyl (C=O) groups is 2. The molecule has 1 heterocycles. The fourth-order valence-electron chi connectivity index (χ4n) is 1.96. The zero-order valence-corrected chi connectivity index (χ0v) is 15.2. The van der Waals surface area contributed by atoms with Gasteiger partial charge in [0.2, 0.25) is 11.8 Å². The SMILES string of the molecule is Cc1cc(N)nc(SC(C)C(=O)NCC(=O)Nc2ccc(F)c(F)c2F)n1. The maximum Gasteiger partial charge on any atom is 0.243 e. The van der Waals surface area contributed by atoms with Crippen molar-refractivity contribution in [2.45, 2.75) is 24.3 Å². The number of halogens is 3. The molecule has 4 N–H and O–H groups in total. The standard InChI is InChI=1S/C16H16F3N5O2S/c1-7-5-11(20)24-16(22-7)27-8(2)15(26)21-6-12(25)23-10-4-3-9(17)13(18)14(10)19/h3-5,8H,6H2,1-2H3,(H,21,26)(H,23,25)(H2,20,22,24). The lowest BCUT2D eigenvalue weighted by Gasteiger charge is -2.12. The van der Waals surface area contributed by atoms with E-state index in [1.165, 1.54) is 0 Å². The summed E-state index contributed by atoms with van der Waals surface area (Å²) in [5.41, 5.74) is 5.73. The highest BCUT2D eigenvalue weighted by atomic mass is 32.2. The largest absolute Gasteiger partial charge is 0.384 e. The summed E-state index contributed by atoms with van der Waals surface area (Å²) in [7, 11) is 0. The van der Waals surface area contributed by atoms with Crippen molar-refractivity contribution < 1.29 is 22.8 Å². The van der Waals surface area contributed by atoms with E-state index in [9.17, 15) is 22.8 Å². The Bertz CT molecular complexity index is 861. The second-order valence-corrected chi connectivity index (χ2v) is 6.77. The van der Waals surface area contributed by atoms with Gasteiger partial charge in [-0.15, -0.1) is 0 Å². The van der Waals surface area contributed by atoms with Crippen molar-refractivity contribution in [3.05, 3.63) is 41.3 Å². The molecule has 0 aliphatic rings. The Labute approximate surface area is 156 Å². The molecule has 2 rings (SSSR count).